The fourth-order valence-electron chi connectivity index (χ4n) is 3.79. The first-order valence-electron chi connectivity index (χ1n) is 7.68. The Labute approximate surface area is 121 Å². The van der Waals surface area contributed by atoms with Crippen molar-refractivity contribution in [3.05, 3.63) is 0 Å². The molecule has 1 aliphatic heterocycles. The van der Waals surface area contributed by atoms with Crippen molar-refractivity contribution in [1.82, 2.24) is 4.90 Å². The van der Waals surface area contributed by atoms with E-state index in [0.717, 1.165) is 51.9 Å². The molecule has 2 N–H and O–H groups in total. The molecule has 5 nitrogen and oxygen atoms in total. The number of nitrogens with zero attached hydrogens (tertiary/aromatic N) is 1. The van der Waals surface area contributed by atoms with Gasteiger partial charge in [0.2, 0.25) is 0 Å². The molecule has 1 saturated carbocycles. The highest BCUT2D eigenvalue weighted by atomic mass is 16.5. The van der Waals surface area contributed by atoms with E-state index in [0.29, 0.717) is 5.92 Å². The summed E-state index contributed by atoms with van der Waals surface area (Å²) >= 11 is 0. The Bertz CT molecular complexity index is 337. The molecule has 5 heteroatoms. The van der Waals surface area contributed by atoms with Crippen LogP contribution in [0.15, 0.2) is 0 Å². The molecule has 3 unspecified atom stereocenters. The summed E-state index contributed by atoms with van der Waals surface area (Å²) in [4.78, 5) is 14.4. The van der Waals surface area contributed by atoms with Crippen LogP contribution in [0.4, 0.5) is 0 Å². The number of carbonyl (C=O) groups excluding carboxylic acids is 1. The lowest BCUT2D eigenvalue weighted by molar-refractivity contribution is -0.148. The van der Waals surface area contributed by atoms with Gasteiger partial charge in [-0.15, -0.1) is 0 Å². The Morgan fingerprint density at radius 3 is 2.90 bits per heavy atom. The molecule has 3 atom stereocenters. The number of nitrogens with two attached hydrogens (primary N) is 1. The molecule has 0 aromatic carbocycles. The standard InChI is InChI=1S/C15H28N2O3/c1-19-11-12-5-8-17(10-12)9-6-13-4-3-7-15(13,16)14(18)20-2/h12-13H,3-11,16H2,1-2H3. The number of rotatable bonds is 6. The molecule has 116 valence electrons. The van der Waals surface area contributed by atoms with Gasteiger partial charge >= 0.3 is 5.97 Å². The van der Waals surface area contributed by atoms with Crippen LogP contribution in [0, 0.1) is 11.8 Å². The Morgan fingerprint density at radius 1 is 1.40 bits per heavy atom. The molecule has 0 bridgehead atoms. The summed E-state index contributed by atoms with van der Waals surface area (Å²) < 4.78 is 10.1. The van der Waals surface area contributed by atoms with Crippen molar-refractivity contribution in [3.8, 4) is 0 Å². The highest BCUT2D eigenvalue weighted by Crippen LogP contribution is 2.37. The van der Waals surface area contributed by atoms with Gasteiger partial charge in [-0.05, 0) is 50.6 Å². The summed E-state index contributed by atoms with van der Waals surface area (Å²) in [6, 6.07) is 0. The van der Waals surface area contributed by atoms with E-state index >= 15 is 0 Å². The van der Waals surface area contributed by atoms with Crippen LogP contribution in [0.5, 0.6) is 0 Å². The van der Waals surface area contributed by atoms with E-state index in [4.69, 9.17) is 15.2 Å². The SMILES string of the molecule is COCC1CCN(CCC2CCCC2(N)C(=O)OC)C1. The maximum atomic E-state index is 11.9. The number of hydrogen-bond donors (Lipinski definition) is 1. The predicted octanol–water partition coefficient (Wildman–Crippen LogP) is 1.02. The second-order valence-electron chi connectivity index (χ2n) is 6.32. The maximum Gasteiger partial charge on any atom is 0.326 e. The molecule has 2 aliphatic rings. The third kappa shape index (κ3) is 3.32. The molecule has 1 heterocycles. The molecule has 0 aromatic heterocycles. The van der Waals surface area contributed by atoms with E-state index in [1.807, 2.05) is 0 Å². The lowest BCUT2D eigenvalue weighted by atomic mass is 9.85. The van der Waals surface area contributed by atoms with E-state index in [1.54, 1.807) is 7.11 Å². The van der Waals surface area contributed by atoms with E-state index < -0.39 is 5.54 Å². The van der Waals surface area contributed by atoms with Gasteiger partial charge in [0.05, 0.1) is 13.7 Å². The monoisotopic (exact) mass is 284 g/mol. The van der Waals surface area contributed by atoms with Crippen molar-refractivity contribution >= 4 is 5.97 Å². The van der Waals surface area contributed by atoms with Crippen LogP contribution in [0.1, 0.15) is 32.1 Å². The average molecular weight is 284 g/mol. The minimum Gasteiger partial charge on any atom is -0.468 e. The van der Waals surface area contributed by atoms with Crippen molar-refractivity contribution in [1.29, 1.82) is 0 Å². The van der Waals surface area contributed by atoms with Gasteiger partial charge in [0.1, 0.15) is 5.54 Å². The largest absolute Gasteiger partial charge is 0.468 e. The van der Waals surface area contributed by atoms with Crippen molar-refractivity contribution in [2.24, 2.45) is 17.6 Å². The molecule has 1 saturated heterocycles. The molecule has 0 radical (unpaired) electrons. The number of ether oxygens (including phenoxy) is 2. The first-order chi connectivity index (χ1) is 9.60. The predicted molar refractivity (Wildman–Crippen MR) is 77.3 cm³/mol. The van der Waals surface area contributed by atoms with Crippen LogP contribution in [0.2, 0.25) is 0 Å². The van der Waals surface area contributed by atoms with E-state index in [-0.39, 0.29) is 11.9 Å². The average Bonchev–Trinajstić information content (AvgIpc) is 3.03. The molecular weight excluding hydrogens is 256 g/mol. The number of methoxy groups -OCH3 is 2. The summed E-state index contributed by atoms with van der Waals surface area (Å²) in [7, 11) is 3.20. The normalized spacial score (nSPS) is 34.5. The number of carbonyl (C=O) groups is 1. The minimum absolute atomic E-state index is 0.237. The smallest absolute Gasteiger partial charge is 0.326 e. The highest BCUT2D eigenvalue weighted by molar-refractivity contribution is 5.81. The van der Waals surface area contributed by atoms with Crippen molar-refractivity contribution in [2.45, 2.75) is 37.6 Å². The summed E-state index contributed by atoms with van der Waals surface area (Å²) in [6.07, 6.45) is 5.04. The molecule has 1 aliphatic carbocycles. The zero-order chi connectivity index (χ0) is 14.6. The van der Waals surface area contributed by atoms with Gasteiger partial charge in [-0.1, -0.05) is 6.42 Å². The van der Waals surface area contributed by atoms with Crippen LogP contribution in [-0.2, 0) is 14.3 Å². The van der Waals surface area contributed by atoms with Crippen LogP contribution >= 0.6 is 0 Å². The Hall–Kier alpha value is -0.650. The first kappa shape index (κ1) is 15.7. The van der Waals surface area contributed by atoms with E-state index in [2.05, 4.69) is 4.90 Å². The van der Waals surface area contributed by atoms with Gasteiger partial charge in [-0.25, -0.2) is 0 Å². The van der Waals surface area contributed by atoms with Gasteiger partial charge in [0.25, 0.3) is 0 Å². The lowest BCUT2D eigenvalue weighted by Gasteiger charge is -2.29. The van der Waals surface area contributed by atoms with Gasteiger partial charge in [-0.3, -0.25) is 4.79 Å². The molecule has 0 amide bonds. The van der Waals surface area contributed by atoms with Crippen LogP contribution in [0.25, 0.3) is 0 Å². The van der Waals surface area contributed by atoms with Crippen LogP contribution < -0.4 is 5.73 Å². The fourth-order valence-corrected chi connectivity index (χ4v) is 3.79. The van der Waals surface area contributed by atoms with Gasteiger partial charge in [0, 0.05) is 13.7 Å². The maximum absolute atomic E-state index is 11.9. The first-order valence-corrected chi connectivity index (χ1v) is 7.68. The fraction of sp³-hybridized carbons (Fsp3) is 0.933. The zero-order valence-corrected chi connectivity index (χ0v) is 12.8. The number of likely N-dealkylation sites (tertiary alicyclic amines) is 1. The molecule has 0 aromatic rings. The summed E-state index contributed by atoms with van der Waals surface area (Å²) in [5, 5.41) is 0. The van der Waals surface area contributed by atoms with E-state index in [9.17, 15) is 4.79 Å². The Balaban J connectivity index is 1.80. The second kappa shape index (κ2) is 6.87. The Kier molecular flexibility index (Phi) is 5.41. The summed E-state index contributed by atoms with van der Waals surface area (Å²) in [5.41, 5.74) is 5.55. The third-order valence-corrected chi connectivity index (χ3v) is 5.00. The van der Waals surface area contributed by atoms with Crippen molar-refractivity contribution in [2.75, 3.05) is 40.5 Å². The topological polar surface area (TPSA) is 64.8 Å². The van der Waals surface area contributed by atoms with Gasteiger partial charge in [-0.2, -0.15) is 0 Å². The highest BCUT2D eigenvalue weighted by Gasteiger charge is 2.46. The third-order valence-electron chi connectivity index (χ3n) is 5.00. The zero-order valence-electron chi connectivity index (χ0n) is 12.8. The minimum atomic E-state index is -0.750. The molecule has 2 fully saturated rings. The Morgan fingerprint density at radius 2 is 2.20 bits per heavy atom. The number of hydrogen-bond acceptors (Lipinski definition) is 5. The lowest BCUT2D eigenvalue weighted by Crippen LogP contribution is -2.52. The summed E-state index contributed by atoms with van der Waals surface area (Å²) in [6.45, 7) is 4.12. The summed E-state index contributed by atoms with van der Waals surface area (Å²) in [5.74, 6) is 0.682. The van der Waals surface area contributed by atoms with Crippen LogP contribution in [0.3, 0.4) is 0 Å². The molecular formula is C15H28N2O3. The number of esters is 1. The molecule has 0 spiro atoms. The molecule has 20 heavy (non-hydrogen) atoms. The quantitative estimate of drug-likeness (QED) is 0.738. The molecule has 2 rings (SSSR count). The van der Waals surface area contributed by atoms with Crippen molar-refractivity contribution < 1.29 is 14.3 Å². The van der Waals surface area contributed by atoms with E-state index in [1.165, 1.54) is 13.5 Å². The second-order valence-corrected chi connectivity index (χ2v) is 6.32. The van der Waals surface area contributed by atoms with Crippen molar-refractivity contribution in [3.63, 3.8) is 0 Å². The van der Waals surface area contributed by atoms with Gasteiger partial charge in [0.15, 0.2) is 0 Å². The van der Waals surface area contributed by atoms with Gasteiger partial charge < -0.3 is 20.1 Å². The van der Waals surface area contributed by atoms with Crippen LogP contribution in [-0.4, -0.2) is 56.9 Å².